The van der Waals surface area contributed by atoms with Crippen molar-refractivity contribution in [3.8, 4) is 0 Å². The molecule has 0 aromatic heterocycles. The quantitative estimate of drug-likeness (QED) is 0.346. The molecule has 1 aromatic rings. The molecular weight excluding hydrogens is 508 g/mol. The van der Waals surface area contributed by atoms with Crippen LogP contribution < -0.4 is 10.6 Å². The fourth-order valence-electron chi connectivity index (χ4n) is 3.82. The van der Waals surface area contributed by atoms with Gasteiger partial charge in [0.05, 0.1) is 6.54 Å². The highest BCUT2D eigenvalue weighted by Gasteiger charge is 2.42. The highest BCUT2D eigenvalue weighted by Crippen LogP contribution is 2.45. The minimum absolute atomic E-state index is 0. The summed E-state index contributed by atoms with van der Waals surface area (Å²) in [5, 5.41) is 6.98. The molecule has 2 unspecified atom stereocenters. The van der Waals surface area contributed by atoms with E-state index in [-0.39, 0.29) is 47.7 Å². The van der Waals surface area contributed by atoms with E-state index >= 15 is 0 Å². The molecule has 1 amide bonds. The maximum absolute atomic E-state index is 14.1. The normalized spacial score (nSPS) is 24.7. The number of carbonyl (C=O) groups is 1. The van der Waals surface area contributed by atoms with Crippen molar-refractivity contribution in [1.29, 1.82) is 0 Å². The van der Waals surface area contributed by atoms with Gasteiger partial charge in [-0.1, -0.05) is 17.7 Å². The molecule has 1 aromatic carbocycles. The fourth-order valence-corrected chi connectivity index (χ4v) is 4.13. The average molecular weight is 536 g/mol. The smallest absolute Gasteiger partial charge is 0.234 e. The summed E-state index contributed by atoms with van der Waals surface area (Å²) in [4.78, 5) is 20.8. The Bertz CT molecular complexity index is 747. The average Bonchev–Trinajstić information content (AvgIpc) is 3.58. The lowest BCUT2D eigenvalue weighted by Crippen LogP contribution is -2.54. The summed E-state index contributed by atoms with van der Waals surface area (Å²) < 4.78 is 14.1. The van der Waals surface area contributed by atoms with Crippen molar-refractivity contribution in [2.75, 3.05) is 39.8 Å². The van der Waals surface area contributed by atoms with Crippen LogP contribution in [0.15, 0.2) is 23.2 Å². The lowest BCUT2D eigenvalue weighted by atomic mass is 10.1. The van der Waals surface area contributed by atoms with Gasteiger partial charge < -0.3 is 15.5 Å². The van der Waals surface area contributed by atoms with Crippen molar-refractivity contribution < 1.29 is 9.18 Å². The van der Waals surface area contributed by atoms with Crippen LogP contribution in [0.5, 0.6) is 0 Å². The van der Waals surface area contributed by atoms with E-state index in [1.54, 1.807) is 19.2 Å². The zero-order valence-electron chi connectivity index (χ0n) is 16.5. The first-order valence-electron chi connectivity index (χ1n) is 9.99. The summed E-state index contributed by atoms with van der Waals surface area (Å²) in [7, 11) is 1.77. The molecule has 0 radical (unpaired) electrons. The van der Waals surface area contributed by atoms with Gasteiger partial charge in [-0.2, -0.15) is 0 Å². The van der Waals surface area contributed by atoms with Crippen LogP contribution in [0, 0.1) is 5.82 Å². The van der Waals surface area contributed by atoms with E-state index in [4.69, 9.17) is 11.6 Å². The van der Waals surface area contributed by atoms with Gasteiger partial charge in [0.15, 0.2) is 5.96 Å². The zero-order chi connectivity index (χ0) is 19.7. The number of piperazine rings is 1. The van der Waals surface area contributed by atoms with E-state index in [9.17, 15) is 9.18 Å². The van der Waals surface area contributed by atoms with Gasteiger partial charge in [-0.3, -0.25) is 14.7 Å². The minimum Gasteiger partial charge on any atom is -0.353 e. The third kappa shape index (κ3) is 5.73. The van der Waals surface area contributed by atoms with Gasteiger partial charge in [-0.25, -0.2) is 4.39 Å². The summed E-state index contributed by atoms with van der Waals surface area (Å²) in [6.07, 6.45) is 3.07. The van der Waals surface area contributed by atoms with Crippen LogP contribution in [0.4, 0.5) is 4.39 Å². The predicted molar refractivity (Wildman–Crippen MR) is 124 cm³/mol. The maximum atomic E-state index is 14.1. The van der Waals surface area contributed by atoms with Crippen LogP contribution in [0.1, 0.15) is 30.7 Å². The van der Waals surface area contributed by atoms with E-state index in [0.717, 1.165) is 51.4 Å². The molecule has 0 bridgehead atoms. The number of benzene rings is 1. The summed E-state index contributed by atoms with van der Waals surface area (Å²) in [5.41, 5.74) is 0.601. The van der Waals surface area contributed by atoms with Crippen molar-refractivity contribution in [2.24, 2.45) is 4.99 Å². The molecule has 9 heteroatoms. The lowest BCUT2D eigenvalue weighted by Gasteiger charge is -2.36. The van der Waals surface area contributed by atoms with Crippen LogP contribution in [0.2, 0.25) is 5.02 Å². The molecule has 2 N–H and O–H groups in total. The molecule has 160 valence electrons. The fraction of sp³-hybridized carbons (Fsp3) is 0.600. The molecule has 1 aliphatic heterocycles. The maximum Gasteiger partial charge on any atom is 0.234 e. The Labute approximate surface area is 193 Å². The van der Waals surface area contributed by atoms with Crippen molar-refractivity contribution in [1.82, 2.24) is 20.4 Å². The zero-order valence-corrected chi connectivity index (χ0v) is 19.6. The number of halogens is 3. The van der Waals surface area contributed by atoms with Gasteiger partial charge >= 0.3 is 0 Å². The first-order valence-corrected chi connectivity index (χ1v) is 10.4. The van der Waals surface area contributed by atoms with Crippen molar-refractivity contribution in [2.45, 2.75) is 37.3 Å². The Morgan fingerprint density at radius 2 is 1.97 bits per heavy atom. The Morgan fingerprint density at radius 1 is 1.24 bits per heavy atom. The number of aliphatic imine (C=N–C) groups is 1. The molecule has 1 heterocycles. The topological polar surface area (TPSA) is 60.0 Å². The van der Waals surface area contributed by atoms with Gasteiger partial charge in [-0.05, 0) is 31.4 Å². The van der Waals surface area contributed by atoms with Crippen LogP contribution in [0.25, 0.3) is 0 Å². The highest BCUT2D eigenvalue weighted by atomic mass is 127. The standard InChI is InChI=1S/C20H27ClFN5O.HI/c1-23-20(25-17-11-14(17)19-15(21)3-2-4-16(19)22)27-9-7-26(8-10-27)12-18(28)24-13-5-6-13;/h2-4,13-14,17H,5-12H2,1H3,(H,23,25)(H,24,28);1H. The van der Waals surface area contributed by atoms with Gasteiger partial charge in [-0.15, -0.1) is 24.0 Å². The third-order valence-corrected chi connectivity index (χ3v) is 6.00. The largest absolute Gasteiger partial charge is 0.353 e. The minimum atomic E-state index is -0.241. The van der Waals surface area contributed by atoms with Gasteiger partial charge in [0.1, 0.15) is 5.82 Å². The number of nitrogens with one attached hydrogen (secondary N) is 2. The first kappa shape index (κ1) is 22.6. The Kier molecular flexibility index (Phi) is 7.61. The van der Waals surface area contributed by atoms with Crippen LogP contribution >= 0.6 is 35.6 Å². The Morgan fingerprint density at radius 3 is 2.59 bits per heavy atom. The van der Waals surface area contributed by atoms with Crippen LogP contribution in [-0.4, -0.2) is 73.5 Å². The number of guanidine groups is 1. The van der Waals surface area contributed by atoms with Crippen LogP contribution in [0.3, 0.4) is 0 Å². The lowest BCUT2D eigenvalue weighted by molar-refractivity contribution is -0.122. The van der Waals surface area contributed by atoms with E-state index in [2.05, 4.69) is 25.4 Å². The number of amides is 1. The van der Waals surface area contributed by atoms with Gasteiger partial charge in [0.2, 0.25) is 5.91 Å². The molecule has 2 saturated carbocycles. The molecule has 4 rings (SSSR count). The van der Waals surface area contributed by atoms with Crippen molar-refractivity contribution >= 4 is 47.4 Å². The van der Waals surface area contributed by atoms with Gasteiger partial charge in [0.25, 0.3) is 0 Å². The second-order valence-corrected chi connectivity index (χ2v) is 8.29. The molecule has 3 aliphatic rings. The Hall–Kier alpha value is -1.13. The second kappa shape index (κ2) is 9.78. The van der Waals surface area contributed by atoms with E-state index in [0.29, 0.717) is 23.2 Å². The van der Waals surface area contributed by atoms with E-state index in [1.807, 2.05) is 0 Å². The number of hydrogen-bond acceptors (Lipinski definition) is 3. The van der Waals surface area contributed by atoms with Crippen molar-refractivity contribution in [3.05, 3.63) is 34.6 Å². The molecule has 6 nitrogen and oxygen atoms in total. The monoisotopic (exact) mass is 535 g/mol. The third-order valence-electron chi connectivity index (χ3n) is 5.67. The molecule has 1 saturated heterocycles. The predicted octanol–water partition coefficient (Wildman–Crippen LogP) is 2.42. The molecule has 0 spiro atoms. The number of hydrogen-bond donors (Lipinski definition) is 2. The molecule has 2 atom stereocenters. The molecule has 2 aliphatic carbocycles. The summed E-state index contributed by atoms with van der Waals surface area (Å²) in [6, 6.07) is 5.39. The van der Waals surface area contributed by atoms with Gasteiger partial charge in [0, 0.05) is 61.8 Å². The van der Waals surface area contributed by atoms with E-state index in [1.165, 1.54) is 6.07 Å². The number of carbonyl (C=O) groups excluding carboxylic acids is 1. The van der Waals surface area contributed by atoms with E-state index < -0.39 is 0 Å². The Balaban J connectivity index is 0.00000240. The number of rotatable bonds is 5. The summed E-state index contributed by atoms with van der Waals surface area (Å²) >= 11 is 6.20. The van der Waals surface area contributed by atoms with Crippen molar-refractivity contribution in [3.63, 3.8) is 0 Å². The molecule has 29 heavy (non-hydrogen) atoms. The highest BCUT2D eigenvalue weighted by molar-refractivity contribution is 14.0. The molecular formula is C20H28ClFIN5O. The first-order chi connectivity index (χ1) is 13.5. The van der Waals surface area contributed by atoms with Crippen LogP contribution in [-0.2, 0) is 4.79 Å². The second-order valence-electron chi connectivity index (χ2n) is 7.88. The summed E-state index contributed by atoms with van der Waals surface area (Å²) in [5.74, 6) is 0.802. The molecule has 3 fully saturated rings. The SMILES string of the molecule is CN=C(NC1CC1c1c(F)cccc1Cl)N1CCN(CC(=O)NC2CC2)CC1.I. The number of nitrogens with zero attached hydrogens (tertiary/aromatic N) is 3. The summed E-state index contributed by atoms with van der Waals surface area (Å²) in [6.45, 7) is 3.74.